The molecule has 0 radical (unpaired) electrons. The van der Waals surface area contributed by atoms with Gasteiger partial charge in [0.2, 0.25) is 0 Å². The molecule has 2 fully saturated rings. The van der Waals surface area contributed by atoms with Crippen LogP contribution in [0.5, 0.6) is 0 Å². The van der Waals surface area contributed by atoms with E-state index in [9.17, 15) is 9.90 Å². The minimum Gasteiger partial charge on any atom is -0.444 e. The summed E-state index contributed by atoms with van der Waals surface area (Å²) < 4.78 is 5.55. The number of rotatable bonds is 4. The van der Waals surface area contributed by atoms with Crippen molar-refractivity contribution in [3.05, 3.63) is 33.8 Å². The molecule has 0 spiro atoms. The highest BCUT2D eigenvalue weighted by Crippen LogP contribution is 2.52. The molecule has 0 aromatic heterocycles. The molecule has 0 aliphatic heterocycles. The van der Waals surface area contributed by atoms with Crippen molar-refractivity contribution >= 4 is 29.3 Å². The van der Waals surface area contributed by atoms with Crippen molar-refractivity contribution in [3.8, 4) is 0 Å². The van der Waals surface area contributed by atoms with E-state index in [0.29, 0.717) is 10.0 Å². The van der Waals surface area contributed by atoms with Crippen LogP contribution in [-0.4, -0.2) is 40.9 Å². The Labute approximate surface area is 178 Å². The molecule has 1 aromatic rings. The second-order valence-electron chi connectivity index (χ2n) is 9.34. The van der Waals surface area contributed by atoms with Gasteiger partial charge in [-0.2, -0.15) is 0 Å². The molecule has 4 nitrogen and oxygen atoms in total. The van der Waals surface area contributed by atoms with Gasteiger partial charge in [-0.25, -0.2) is 4.79 Å². The predicted octanol–water partition coefficient (Wildman–Crippen LogP) is 5.81. The molecule has 1 aromatic carbocycles. The largest absolute Gasteiger partial charge is 0.444 e. The summed E-state index contributed by atoms with van der Waals surface area (Å²) in [5, 5.41) is 12.6. The fraction of sp³-hybridized carbons (Fsp3) is 0.682. The summed E-state index contributed by atoms with van der Waals surface area (Å²) >= 11 is 12.4. The van der Waals surface area contributed by atoms with Crippen molar-refractivity contribution in [3.63, 3.8) is 0 Å². The summed E-state index contributed by atoms with van der Waals surface area (Å²) in [5.74, 6) is 0.0206. The van der Waals surface area contributed by atoms with Crippen LogP contribution in [0, 0.1) is 5.92 Å². The summed E-state index contributed by atoms with van der Waals surface area (Å²) in [7, 11) is 1.79. The van der Waals surface area contributed by atoms with E-state index < -0.39 is 11.7 Å². The lowest BCUT2D eigenvalue weighted by molar-refractivity contribution is -0.0380. The van der Waals surface area contributed by atoms with Crippen molar-refractivity contribution in [1.82, 2.24) is 4.90 Å². The van der Waals surface area contributed by atoms with Crippen molar-refractivity contribution in [2.24, 2.45) is 5.92 Å². The number of aliphatic hydroxyl groups excluding tert-OH is 1. The summed E-state index contributed by atoms with van der Waals surface area (Å²) in [6, 6.07) is 5.67. The van der Waals surface area contributed by atoms with E-state index in [1.54, 1.807) is 11.9 Å². The molecule has 2 aliphatic rings. The zero-order valence-electron chi connectivity index (χ0n) is 17.2. The summed E-state index contributed by atoms with van der Waals surface area (Å²) in [4.78, 5) is 14.3. The Morgan fingerprint density at radius 2 is 1.89 bits per heavy atom. The van der Waals surface area contributed by atoms with Gasteiger partial charge in [-0.1, -0.05) is 42.1 Å². The van der Waals surface area contributed by atoms with Gasteiger partial charge in [-0.15, -0.1) is 0 Å². The van der Waals surface area contributed by atoms with E-state index in [2.05, 4.69) is 0 Å². The summed E-state index contributed by atoms with van der Waals surface area (Å²) in [5.41, 5.74) is 0.204. The Kier molecular flexibility index (Phi) is 6.24. The van der Waals surface area contributed by atoms with Crippen molar-refractivity contribution in [2.75, 3.05) is 7.05 Å². The van der Waals surface area contributed by atoms with Gasteiger partial charge in [0.15, 0.2) is 0 Å². The monoisotopic (exact) mass is 427 g/mol. The van der Waals surface area contributed by atoms with Crippen LogP contribution in [0.4, 0.5) is 4.79 Å². The number of hydrogen-bond acceptors (Lipinski definition) is 3. The molecule has 2 aliphatic carbocycles. The molecule has 0 unspecified atom stereocenters. The maximum atomic E-state index is 12.6. The first-order valence-corrected chi connectivity index (χ1v) is 10.9. The molecule has 1 N–H and O–H groups in total. The van der Waals surface area contributed by atoms with Crippen LogP contribution >= 0.6 is 23.2 Å². The van der Waals surface area contributed by atoms with Crippen LogP contribution in [0.1, 0.15) is 64.9 Å². The van der Waals surface area contributed by atoms with Crippen LogP contribution in [0.2, 0.25) is 10.0 Å². The number of benzene rings is 1. The lowest BCUT2D eigenvalue weighted by atomic mass is 9.58. The van der Waals surface area contributed by atoms with Crippen LogP contribution < -0.4 is 0 Å². The number of amides is 1. The van der Waals surface area contributed by atoms with Gasteiger partial charge in [0.05, 0.1) is 16.1 Å². The smallest absolute Gasteiger partial charge is 0.410 e. The SMILES string of the molecule is CN(C(=O)OC(C)(C)C)[C@H]1CCC[C@H]1[C@@H](O)C1(c2ccc(Cl)c(Cl)c2)CCC1. The first kappa shape index (κ1) is 21.7. The fourth-order valence-corrected chi connectivity index (χ4v) is 5.11. The second-order valence-corrected chi connectivity index (χ2v) is 10.2. The normalized spacial score (nSPS) is 25.1. The Hall–Kier alpha value is -0.970. The highest BCUT2D eigenvalue weighted by Gasteiger charge is 2.51. The molecule has 1 amide bonds. The van der Waals surface area contributed by atoms with Gasteiger partial charge in [-0.3, -0.25) is 0 Å². The number of halogens is 2. The second kappa shape index (κ2) is 8.04. The van der Waals surface area contributed by atoms with Crippen LogP contribution in [0.3, 0.4) is 0 Å². The van der Waals surface area contributed by atoms with Gasteiger partial charge in [-0.05, 0) is 64.2 Å². The number of ether oxygens (including phenoxy) is 1. The Morgan fingerprint density at radius 1 is 1.21 bits per heavy atom. The van der Waals surface area contributed by atoms with Crippen molar-refractivity contribution in [2.45, 2.75) is 82.5 Å². The Morgan fingerprint density at radius 3 is 2.43 bits per heavy atom. The standard InChI is InChI=1S/C22H31Cl2NO3/c1-21(2,3)28-20(27)25(4)18-8-5-7-15(18)19(26)22(11-6-12-22)14-9-10-16(23)17(24)13-14/h9-10,13,15,18-19,26H,5-8,11-12H2,1-4H3/t15-,18+,19-/m1/s1. The van der Waals surface area contributed by atoms with Gasteiger partial charge < -0.3 is 14.7 Å². The molecular weight excluding hydrogens is 397 g/mol. The fourth-order valence-electron chi connectivity index (χ4n) is 4.82. The maximum absolute atomic E-state index is 12.6. The molecule has 0 saturated heterocycles. The molecule has 28 heavy (non-hydrogen) atoms. The van der Waals surface area contributed by atoms with Gasteiger partial charge in [0.1, 0.15) is 5.60 Å². The minimum atomic E-state index is -0.534. The van der Waals surface area contributed by atoms with Gasteiger partial charge in [0.25, 0.3) is 0 Å². The quantitative estimate of drug-likeness (QED) is 0.658. The van der Waals surface area contributed by atoms with E-state index in [-0.39, 0.29) is 23.5 Å². The maximum Gasteiger partial charge on any atom is 0.410 e. The van der Waals surface area contributed by atoms with Crippen molar-refractivity contribution in [1.29, 1.82) is 0 Å². The van der Waals surface area contributed by atoms with Gasteiger partial charge in [0, 0.05) is 24.4 Å². The third kappa shape index (κ3) is 4.15. The third-order valence-electron chi connectivity index (χ3n) is 6.42. The molecule has 3 rings (SSSR count). The van der Waals surface area contributed by atoms with E-state index in [0.717, 1.165) is 44.1 Å². The lowest BCUT2D eigenvalue weighted by Gasteiger charge is -2.49. The van der Waals surface area contributed by atoms with Crippen molar-refractivity contribution < 1.29 is 14.6 Å². The molecule has 0 bridgehead atoms. The first-order chi connectivity index (χ1) is 13.0. The number of aliphatic hydroxyl groups is 1. The number of nitrogens with zero attached hydrogens (tertiary/aromatic N) is 1. The first-order valence-electron chi connectivity index (χ1n) is 10.1. The van der Waals surface area contributed by atoms with Gasteiger partial charge >= 0.3 is 6.09 Å². The van der Waals surface area contributed by atoms with E-state index in [4.69, 9.17) is 27.9 Å². The highest BCUT2D eigenvalue weighted by atomic mass is 35.5. The van der Waals surface area contributed by atoms with E-state index in [1.807, 2.05) is 39.0 Å². The molecule has 2 saturated carbocycles. The topological polar surface area (TPSA) is 49.8 Å². The predicted molar refractivity (Wildman–Crippen MR) is 113 cm³/mol. The lowest BCUT2D eigenvalue weighted by Crippen LogP contribution is -2.54. The Bertz CT molecular complexity index is 727. The molecule has 0 heterocycles. The number of carbonyl (C=O) groups excluding carboxylic acids is 1. The van der Waals surface area contributed by atoms with Crippen LogP contribution in [0.25, 0.3) is 0 Å². The third-order valence-corrected chi connectivity index (χ3v) is 7.16. The van der Waals surface area contributed by atoms with Crippen LogP contribution in [-0.2, 0) is 10.2 Å². The van der Waals surface area contributed by atoms with E-state index >= 15 is 0 Å². The molecular formula is C22H31Cl2NO3. The molecule has 6 heteroatoms. The number of hydrogen-bond donors (Lipinski definition) is 1. The average molecular weight is 428 g/mol. The van der Waals surface area contributed by atoms with E-state index in [1.165, 1.54) is 0 Å². The van der Waals surface area contributed by atoms with Crippen LogP contribution in [0.15, 0.2) is 18.2 Å². The molecule has 156 valence electrons. The highest BCUT2D eigenvalue weighted by molar-refractivity contribution is 6.42. The average Bonchev–Trinajstić information content (AvgIpc) is 3.04. The minimum absolute atomic E-state index is 0.0206. The number of carbonyl (C=O) groups is 1. The Balaban J connectivity index is 1.82. The molecule has 3 atom stereocenters. The summed E-state index contributed by atoms with van der Waals surface area (Å²) in [6.07, 6.45) is 4.85. The zero-order chi connectivity index (χ0) is 20.7. The zero-order valence-corrected chi connectivity index (χ0v) is 18.7. The summed E-state index contributed by atoms with van der Waals surface area (Å²) in [6.45, 7) is 5.61.